The summed E-state index contributed by atoms with van der Waals surface area (Å²) < 4.78 is 1.73. The van der Waals surface area contributed by atoms with E-state index < -0.39 is 5.41 Å². The Hall–Kier alpha value is -2.34. The first kappa shape index (κ1) is 14.3. The summed E-state index contributed by atoms with van der Waals surface area (Å²) in [5, 5.41) is 10.5. The monoisotopic (exact) mass is 330 g/mol. The number of carbonyl (C=O) groups excluding carboxylic acids is 2. The molecule has 6 nitrogen and oxygen atoms in total. The molecule has 3 heterocycles. The molecular formula is C16H15ClN4O2. The van der Waals surface area contributed by atoms with Crippen molar-refractivity contribution in [1.29, 1.82) is 0 Å². The van der Waals surface area contributed by atoms with Crippen LogP contribution < -0.4 is 10.6 Å². The van der Waals surface area contributed by atoms with Crippen molar-refractivity contribution < 1.29 is 9.59 Å². The first-order valence-corrected chi connectivity index (χ1v) is 7.81. The number of fused-ring (bicyclic) bond motifs is 4. The predicted molar refractivity (Wildman–Crippen MR) is 86.7 cm³/mol. The molecule has 0 saturated heterocycles. The van der Waals surface area contributed by atoms with Crippen LogP contribution in [0.2, 0.25) is 5.02 Å². The highest BCUT2D eigenvalue weighted by Crippen LogP contribution is 2.51. The molecule has 23 heavy (non-hydrogen) atoms. The molecule has 0 fully saturated rings. The molecule has 2 amide bonds. The van der Waals surface area contributed by atoms with Crippen LogP contribution in [-0.4, -0.2) is 21.6 Å². The van der Waals surface area contributed by atoms with Gasteiger partial charge in [-0.1, -0.05) is 23.7 Å². The van der Waals surface area contributed by atoms with Gasteiger partial charge in [0.2, 0.25) is 11.8 Å². The van der Waals surface area contributed by atoms with Crippen molar-refractivity contribution in [3.63, 3.8) is 0 Å². The summed E-state index contributed by atoms with van der Waals surface area (Å²) in [5.41, 5.74) is 0.959. The minimum Gasteiger partial charge on any atom is -0.323 e. The molecule has 1 aromatic heterocycles. The van der Waals surface area contributed by atoms with Crippen LogP contribution in [0.4, 0.5) is 11.5 Å². The molecule has 0 saturated carbocycles. The standard InChI is InChI=1S/C16H15ClN4O2/c1-8(2)21-14-10(7-18-21)16(6-12(22)19-14)9-4-3-5-11(17)13(9)20-15(16)23/h3-5,7-8H,6H2,1-2H3,(H,19,22)(H,20,23). The number of nitrogens with zero attached hydrogens (tertiary/aromatic N) is 2. The summed E-state index contributed by atoms with van der Waals surface area (Å²) in [5.74, 6) is 0.141. The van der Waals surface area contributed by atoms with Gasteiger partial charge >= 0.3 is 0 Å². The fourth-order valence-corrected chi connectivity index (χ4v) is 3.72. The van der Waals surface area contributed by atoms with Gasteiger partial charge in [0.15, 0.2) is 0 Å². The van der Waals surface area contributed by atoms with Crippen LogP contribution in [0.15, 0.2) is 24.4 Å². The van der Waals surface area contributed by atoms with Crippen LogP contribution in [-0.2, 0) is 15.0 Å². The zero-order chi connectivity index (χ0) is 16.4. The Balaban J connectivity index is 2.03. The minimum absolute atomic E-state index is 0.0446. The topological polar surface area (TPSA) is 76.0 Å². The molecule has 0 radical (unpaired) electrons. The van der Waals surface area contributed by atoms with Gasteiger partial charge in [-0.3, -0.25) is 9.59 Å². The molecule has 4 rings (SSSR count). The Morgan fingerprint density at radius 3 is 2.78 bits per heavy atom. The van der Waals surface area contributed by atoms with Crippen LogP contribution in [0.3, 0.4) is 0 Å². The molecule has 1 unspecified atom stereocenters. The van der Waals surface area contributed by atoms with Crippen molar-refractivity contribution in [2.75, 3.05) is 10.6 Å². The predicted octanol–water partition coefficient (Wildman–Crippen LogP) is 2.70. The highest BCUT2D eigenvalue weighted by molar-refractivity contribution is 6.35. The number of anilines is 2. The van der Waals surface area contributed by atoms with Crippen molar-refractivity contribution in [3.8, 4) is 0 Å². The van der Waals surface area contributed by atoms with Crippen LogP contribution >= 0.6 is 11.6 Å². The van der Waals surface area contributed by atoms with Crippen molar-refractivity contribution in [2.24, 2.45) is 0 Å². The lowest BCUT2D eigenvalue weighted by Crippen LogP contribution is -2.43. The summed E-state index contributed by atoms with van der Waals surface area (Å²) in [6.07, 6.45) is 1.72. The third kappa shape index (κ3) is 1.72. The number of hydrogen-bond acceptors (Lipinski definition) is 3. The number of hydrogen-bond donors (Lipinski definition) is 2. The quantitative estimate of drug-likeness (QED) is 0.844. The SMILES string of the molecule is CC(C)n1ncc2c1NC(=O)CC21C(=O)Nc2c(Cl)cccc21. The van der Waals surface area contributed by atoms with Gasteiger partial charge in [-0.25, -0.2) is 4.68 Å². The molecule has 2 aliphatic heterocycles. The molecule has 1 spiro atoms. The van der Waals surface area contributed by atoms with Gasteiger partial charge in [-0.05, 0) is 25.5 Å². The highest BCUT2D eigenvalue weighted by atomic mass is 35.5. The molecule has 2 aromatic rings. The Morgan fingerprint density at radius 1 is 1.26 bits per heavy atom. The molecule has 1 aromatic carbocycles. The summed E-state index contributed by atoms with van der Waals surface area (Å²) >= 11 is 6.22. The average Bonchev–Trinajstić information content (AvgIpc) is 3.02. The first-order valence-electron chi connectivity index (χ1n) is 7.43. The Kier molecular flexibility index (Phi) is 2.84. The molecule has 2 N–H and O–H groups in total. The summed E-state index contributed by atoms with van der Waals surface area (Å²) in [6, 6.07) is 5.43. The van der Waals surface area contributed by atoms with Gasteiger partial charge in [0.05, 0.1) is 16.9 Å². The van der Waals surface area contributed by atoms with Crippen LogP contribution in [0, 0.1) is 0 Å². The van der Waals surface area contributed by atoms with Gasteiger partial charge in [0.25, 0.3) is 0 Å². The maximum absolute atomic E-state index is 12.9. The number of para-hydroxylation sites is 1. The van der Waals surface area contributed by atoms with Gasteiger partial charge in [0.1, 0.15) is 11.2 Å². The number of nitrogens with one attached hydrogen (secondary N) is 2. The van der Waals surface area contributed by atoms with E-state index in [0.29, 0.717) is 22.1 Å². The molecule has 0 bridgehead atoms. The lowest BCUT2D eigenvalue weighted by atomic mass is 9.72. The second kappa shape index (κ2) is 4.58. The van der Waals surface area contributed by atoms with E-state index in [1.54, 1.807) is 23.0 Å². The van der Waals surface area contributed by atoms with Crippen molar-refractivity contribution in [1.82, 2.24) is 9.78 Å². The van der Waals surface area contributed by atoms with E-state index in [1.807, 2.05) is 19.9 Å². The Morgan fingerprint density at radius 2 is 2.04 bits per heavy atom. The van der Waals surface area contributed by atoms with E-state index in [-0.39, 0.29) is 24.3 Å². The maximum atomic E-state index is 12.9. The second-order valence-corrected chi connectivity index (χ2v) is 6.60. The van der Waals surface area contributed by atoms with Gasteiger partial charge in [-0.15, -0.1) is 0 Å². The van der Waals surface area contributed by atoms with Crippen LogP contribution in [0.25, 0.3) is 0 Å². The number of aromatic nitrogens is 2. The highest BCUT2D eigenvalue weighted by Gasteiger charge is 2.54. The van der Waals surface area contributed by atoms with Crippen LogP contribution in [0.1, 0.15) is 37.4 Å². The summed E-state index contributed by atoms with van der Waals surface area (Å²) in [4.78, 5) is 25.2. The number of halogens is 1. The fourth-order valence-electron chi connectivity index (χ4n) is 3.50. The lowest BCUT2D eigenvalue weighted by molar-refractivity contribution is -0.125. The van der Waals surface area contributed by atoms with E-state index in [4.69, 9.17) is 11.6 Å². The zero-order valence-corrected chi connectivity index (χ0v) is 13.4. The number of amides is 2. The first-order chi connectivity index (χ1) is 10.9. The van der Waals surface area contributed by atoms with Crippen molar-refractivity contribution in [2.45, 2.75) is 31.7 Å². The average molecular weight is 331 g/mol. The van der Waals surface area contributed by atoms with Gasteiger partial charge in [0, 0.05) is 18.0 Å². The largest absolute Gasteiger partial charge is 0.323 e. The summed E-state index contributed by atoms with van der Waals surface area (Å²) in [7, 11) is 0. The van der Waals surface area contributed by atoms with E-state index >= 15 is 0 Å². The number of rotatable bonds is 1. The molecule has 1 atom stereocenters. The smallest absolute Gasteiger partial charge is 0.240 e. The zero-order valence-electron chi connectivity index (χ0n) is 12.7. The fraction of sp³-hybridized carbons (Fsp3) is 0.312. The Bertz CT molecular complexity index is 858. The van der Waals surface area contributed by atoms with Gasteiger partial charge < -0.3 is 10.6 Å². The molecule has 7 heteroatoms. The minimum atomic E-state index is -1.06. The van der Waals surface area contributed by atoms with E-state index in [2.05, 4.69) is 15.7 Å². The van der Waals surface area contributed by atoms with Crippen LogP contribution in [0.5, 0.6) is 0 Å². The Labute approximate surface area is 137 Å². The van der Waals surface area contributed by atoms with E-state index in [1.165, 1.54) is 0 Å². The third-order valence-electron chi connectivity index (χ3n) is 4.53. The molecular weight excluding hydrogens is 316 g/mol. The molecule has 118 valence electrons. The molecule has 2 aliphatic rings. The number of benzene rings is 1. The van der Waals surface area contributed by atoms with Crippen molar-refractivity contribution in [3.05, 3.63) is 40.5 Å². The second-order valence-electron chi connectivity index (χ2n) is 6.19. The van der Waals surface area contributed by atoms with Gasteiger partial charge in [-0.2, -0.15) is 5.10 Å². The normalized spacial score (nSPS) is 22.1. The third-order valence-corrected chi connectivity index (χ3v) is 4.84. The van der Waals surface area contributed by atoms with E-state index in [9.17, 15) is 9.59 Å². The van der Waals surface area contributed by atoms with Crippen molar-refractivity contribution >= 4 is 34.9 Å². The summed E-state index contributed by atoms with van der Waals surface area (Å²) in [6.45, 7) is 3.94. The molecule has 0 aliphatic carbocycles. The lowest BCUT2D eigenvalue weighted by Gasteiger charge is -2.32. The van der Waals surface area contributed by atoms with E-state index in [0.717, 1.165) is 5.56 Å². The number of carbonyl (C=O) groups is 2. The maximum Gasteiger partial charge on any atom is 0.240 e.